The van der Waals surface area contributed by atoms with Crippen LogP contribution in [0.3, 0.4) is 0 Å². The number of amides is 1. The van der Waals surface area contributed by atoms with E-state index in [1.54, 1.807) is 30.3 Å². The van der Waals surface area contributed by atoms with Gasteiger partial charge in [0.05, 0.1) is 16.6 Å². The van der Waals surface area contributed by atoms with E-state index in [1.165, 1.54) is 12.1 Å². The summed E-state index contributed by atoms with van der Waals surface area (Å²) in [4.78, 5) is 23.3. The van der Waals surface area contributed by atoms with E-state index in [9.17, 15) is 9.59 Å². The number of anilines is 1. The smallest absolute Gasteiger partial charge is 0.335 e. The second kappa shape index (κ2) is 8.67. The third-order valence-corrected chi connectivity index (χ3v) is 4.13. The zero-order valence-corrected chi connectivity index (χ0v) is 15.7. The summed E-state index contributed by atoms with van der Waals surface area (Å²) in [6, 6.07) is 11.2. The molecule has 0 aliphatic carbocycles. The molecule has 2 N–H and O–H groups in total. The van der Waals surface area contributed by atoms with Crippen LogP contribution in [0.15, 0.2) is 46.9 Å². The quantitative estimate of drug-likeness (QED) is 0.691. The number of carbonyl (C=O) groups is 2. The van der Waals surface area contributed by atoms with Gasteiger partial charge in [-0.1, -0.05) is 19.9 Å². The first-order chi connectivity index (χ1) is 11.9. The summed E-state index contributed by atoms with van der Waals surface area (Å²) in [6.07, 6.45) is 0.953. The van der Waals surface area contributed by atoms with Gasteiger partial charge in [0.1, 0.15) is 5.75 Å². The zero-order chi connectivity index (χ0) is 18.4. The lowest BCUT2D eigenvalue weighted by atomic mass is 10.1. The van der Waals surface area contributed by atoms with E-state index in [1.807, 2.05) is 0 Å². The Hall–Kier alpha value is -2.34. The minimum atomic E-state index is -1.04. The van der Waals surface area contributed by atoms with Crippen molar-refractivity contribution in [3.8, 4) is 5.75 Å². The Kier molecular flexibility index (Phi) is 6.58. The lowest BCUT2D eigenvalue weighted by molar-refractivity contribution is 0.0696. The van der Waals surface area contributed by atoms with Crippen LogP contribution in [0.25, 0.3) is 0 Å². The van der Waals surface area contributed by atoms with Gasteiger partial charge in [-0.2, -0.15) is 0 Å². The van der Waals surface area contributed by atoms with Gasteiger partial charge < -0.3 is 15.2 Å². The van der Waals surface area contributed by atoms with Gasteiger partial charge in [0, 0.05) is 11.3 Å². The van der Waals surface area contributed by atoms with E-state index in [4.69, 9.17) is 9.84 Å². The highest BCUT2D eigenvalue weighted by Crippen LogP contribution is 2.27. The number of halogens is 1. The second-order valence-corrected chi connectivity index (χ2v) is 6.87. The number of carboxylic acids is 1. The third-order valence-electron chi connectivity index (χ3n) is 3.51. The first kappa shape index (κ1) is 19.0. The van der Waals surface area contributed by atoms with Gasteiger partial charge in [-0.15, -0.1) is 0 Å². The van der Waals surface area contributed by atoms with Crippen molar-refractivity contribution in [1.29, 1.82) is 0 Å². The summed E-state index contributed by atoms with van der Waals surface area (Å²) < 4.78 is 6.40. The monoisotopic (exact) mass is 405 g/mol. The molecule has 0 fully saturated rings. The summed E-state index contributed by atoms with van der Waals surface area (Å²) in [5.41, 5.74) is 0.995. The lowest BCUT2D eigenvalue weighted by Gasteiger charge is -2.11. The Morgan fingerprint density at radius 3 is 2.56 bits per heavy atom. The van der Waals surface area contributed by atoms with Crippen LogP contribution < -0.4 is 10.1 Å². The summed E-state index contributed by atoms with van der Waals surface area (Å²) >= 11 is 3.42. The Labute approximate surface area is 155 Å². The first-order valence-electron chi connectivity index (χ1n) is 7.94. The summed E-state index contributed by atoms with van der Waals surface area (Å²) in [5.74, 6) is -0.117. The van der Waals surface area contributed by atoms with Crippen LogP contribution in [0.1, 0.15) is 41.0 Å². The molecule has 0 aliphatic heterocycles. The van der Waals surface area contributed by atoms with E-state index in [0.717, 1.165) is 6.42 Å². The van der Waals surface area contributed by atoms with Crippen molar-refractivity contribution < 1.29 is 19.4 Å². The van der Waals surface area contributed by atoms with Crippen molar-refractivity contribution in [3.63, 3.8) is 0 Å². The maximum Gasteiger partial charge on any atom is 0.335 e. The molecule has 0 saturated carbocycles. The molecule has 6 heteroatoms. The number of hydrogen-bond acceptors (Lipinski definition) is 3. The lowest BCUT2D eigenvalue weighted by Crippen LogP contribution is -2.12. The summed E-state index contributed by atoms with van der Waals surface area (Å²) in [7, 11) is 0. The Balaban J connectivity index is 2.06. The number of benzene rings is 2. The molecule has 0 radical (unpaired) electrons. The molecule has 2 aromatic rings. The van der Waals surface area contributed by atoms with Crippen LogP contribution in [0.5, 0.6) is 5.75 Å². The Bertz CT molecular complexity index is 774. The predicted octanol–water partition coefficient (Wildman–Crippen LogP) is 4.82. The zero-order valence-electron chi connectivity index (χ0n) is 14.1. The highest BCUT2D eigenvalue weighted by Gasteiger charge is 2.11. The van der Waals surface area contributed by atoms with Crippen molar-refractivity contribution in [2.45, 2.75) is 20.3 Å². The molecule has 0 saturated heterocycles. The van der Waals surface area contributed by atoms with Crippen LogP contribution in [-0.2, 0) is 0 Å². The number of aromatic carboxylic acids is 1. The van der Waals surface area contributed by atoms with E-state index in [0.29, 0.717) is 34.0 Å². The molecule has 0 heterocycles. The van der Waals surface area contributed by atoms with Gasteiger partial charge in [-0.3, -0.25) is 4.79 Å². The fourth-order valence-electron chi connectivity index (χ4n) is 2.10. The van der Waals surface area contributed by atoms with E-state index in [2.05, 4.69) is 35.1 Å². The largest absolute Gasteiger partial charge is 0.492 e. The molecule has 2 rings (SSSR count). The second-order valence-electron chi connectivity index (χ2n) is 6.02. The Morgan fingerprint density at radius 2 is 1.92 bits per heavy atom. The minimum absolute atomic E-state index is 0.118. The van der Waals surface area contributed by atoms with Gasteiger partial charge in [-0.25, -0.2) is 4.79 Å². The number of hydrogen-bond donors (Lipinski definition) is 2. The molecule has 0 bridgehead atoms. The normalized spacial score (nSPS) is 10.6. The number of carbonyl (C=O) groups excluding carboxylic acids is 1. The van der Waals surface area contributed by atoms with Gasteiger partial charge in [0.2, 0.25) is 0 Å². The van der Waals surface area contributed by atoms with Crippen molar-refractivity contribution in [2.75, 3.05) is 11.9 Å². The molecule has 0 aromatic heterocycles. The van der Waals surface area contributed by atoms with E-state index in [-0.39, 0.29) is 11.5 Å². The van der Waals surface area contributed by atoms with E-state index < -0.39 is 5.97 Å². The van der Waals surface area contributed by atoms with Gasteiger partial charge in [0.25, 0.3) is 5.91 Å². The molecular weight excluding hydrogens is 386 g/mol. The maximum absolute atomic E-state index is 12.3. The molecule has 25 heavy (non-hydrogen) atoms. The minimum Gasteiger partial charge on any atom is -0.492 e. The fourth-order valence-corrected chi connectivity index (χ4v) is 2.59. The van der Waals surface area contributed by atoms with Crippen molar-refractivity contribution in [3.05, 3.63) is 58.1 Å². The predicted molar refractivity (Wildman–Crippen MR) is 100 cm³/mol. The molecular formula is C19H20BrNO4. The number of rotatable bonds is 7. The van der Waals surface area contributed by atoms with Crippen molar-refractivity contribution >= 4 is 33.5 Å². The summed E-state index contributed by atoms with van der Waals surface area (Å²) in [5, 5.41) is 11.7. The average Bonchev–Trinajstić information content (AvgIpc) is 2.56. The molecule has 0 aliphatic rings. The maximum atomic E-state index is 12.3. The van der Waals surface area contributed by atoms with Gasteiger partial charge >= 0.3 is 5.97 Å². The number of carboxylic acid groups (broad SMARTS) is 1. The third kappa shape index (κ3) is 5.60. The molecule has 132 valence electrons. The SMILES string of the molecule is CC(C)CCOc1ccc(C(=O)Nc2cccc(C(=O)O)c2)cc1Br. The molecule has 0 spiro atoms. The topological polar surface area (TPSA) is 75.6 Å². The van der Waals surface area contributed by atoms with Crippen LogP contribution in [0.4, 0.5) is 5.69 Å². The van der Waals surface area contributed by atoms with Crippen LogP contribution in [0.2, 0.25) is 0 Å². The number of ether oxygens (including phenoxy) is 1. The van der Waals surface area contributed by atoms with E-state index >= 15 is 0 Å². The van der Waals surface area contributed by atoms with Crippen molar-refractivity contribution in [1.82, 2.24) is 0 Å². The molecule has 1 amide bonds. The average molecular weight is 406 g/mol. The summed E-state index contributed by atoms with van der Waals surface area (Å²) in [6.45, 7) is 4.88. The van der Waals surface area contributed by atoms with Crippen molar-refractivity contribution in [2.24, 2.45) is 5.92 Å². The number of nitrogens with one attached hydrogen (secondary N) is 1. The highest BCUT2D eigenvalue weighted by atomic mass is 79.9. The standard InChI is InChI=1S/C19H20BrNO4/c1-12(2)8-9-25-17-7-6-13(11-16(17)20)18(22)21-15-5-3-4-14(10-15)19(23)24/h3-7,10-12H,8-9H2,1-2H3,(H,21,22)(H,23,24). The first-order valence-corrected chi connectivity index (χ1v) is 8.73. The molecule has 5 nitrogen and oxygen atoms in total. The van der Waals surface area contributed by atoms with Crippen LogP contribution in [0, 0.1) is 5.92 Å². The molecule has 0 unspecified atom stereocenters. The van der Waals surface area contributed by atoms with Crippen LogP contribution in [-0.4, -0.2) is 23.6 Å². The fraction of sp³-hybridized carbons (Fsp3) is 0.263. The van der Waals surface area contributed by atoms with Gasteiger partial charge in [0.15, 0.2) is 0 Å². The molecule has 0 atom stereocenters. The Morgan fingerprint density at radius 1 is 1.16 bits per heavy atom. The van der Waals surface area contributed by atoms with Gasteiger partial charge in [-0.05, 0) is 64.7 Å². The molecule has 2 aromatic carbocycles. The van der Waals surface area contributed by atoms with Crippen LogP contribution >= 0.6 is 15.9 Å². The highest BCUT2D eigenvalue weighted by molar-refractivity contribution is 9.10.